The van der Waals surface area contributed by atoms with Crippen LogP contribution in [0, 0.1) is 0 Å². The van der Waals surface area contributed by atoms with Gasteiger partial charge in [0.2, 0.25) is 0 Å². The van der Waals surface area contributed by atoms with Crippen LogP contribution in [0.1, 0.15) is 10.4 Å². The Bertz CT molecular complexity index is 764. The normalized spacial score (nSPS) is 10.6. The molecular weight excluding hydrogens is 254 g/mol. The van der Waals surface area contributed by atoms with Crippen molar-refractivity contribution in [3.63, 3.8) is 0 Å². The summed E-state index contributed by atoms with van der Waals surface area (Å²) in [5.74, 6) is -1.18. The summed E-state index contributed by atoms with van der Waals surface area (Å²) in [6, 6.07) is 14.4. The van der Waals surface area contributed by atoms with Crippen molar-refractivity contribution in [3.05, 3.63) is 60.4 Å². The molecule has 0 aliphatic carbocycles. The van der Waals surface area contributed by atoms with E-state index in [1.54, 1.807) is 18.5 Å². The number of carbonyl (C=O) groups excluding carboxylic acids is 1. The van der Waals surface area contributed by atoms with Gasteiger partial charge >= 0.3 is 0 Å². The van der Waals surface area contributed by atoms with Crippen LogP contribution in [0.4, 0.5) is 5.69 Å². The van der Waals surface area contributed by atoms with Crippen LogP contribution in [0.2, 0.25) is 0 Å². The molecule has 5 heteroatoms. The van der Waals surface area contributed by atoms with Gasteiger partial charge in [-0.15, -0.1) is 0 Å². The average Bonchev–Trinajstić information content (AvgIpc) is 2.89. The van der Waals surface area contributed by atoms with Gasteiger partial charge in [-0.2, -0.15) is 0 Å². The van der Waals surface area contributed by atoms with E-state index in [0.29, 0.717) is 6.67 Å². The monoisotopic (exact) mass is 266 g/mol. The number of hydrogen-bond acceptors (Lipinski definition) is 4. The number of carboxylic acids is 1. The van der Waals surface area contributed by atoms with Crippen molar-refractivity contribution >= 4 is 22.7 Å². The predicted octanol–water partition coefficient (Wildman–Crippen LogP) is 1.47. The van der Waals surface area contributed by atoms with E-state index in [4.69, 9.17) is 0 Å². The molecule has 0 spiro atoms. The van der Waals surface area contributed by atoms with Crippen LogP contribution >= 0.6 is 0 Å². The third-order valence-corrected chi connectivity index (χ3v) is 3.08. The molecule has 3 rings (SSSR count). The lowest BCUT2D eigenvalue weighted by molar-refractivity contribution is -0.255. The summed E-state index contributed by atoms with van der Waals surface area (Å²) in [6.45, 7) is 0.511. The molecule has 20 heavy (non-hydrogen) atoms. The van der Waals surface area contributed by atoms with E-state index < -0.39 is 5.97 Å². The third-order valence-electron chi connectivity index (χ3n) is 3.08. The number of nitrogens with zero attached hydrogens (tertiary/aromatic N) is 2. The van der Waals surface area contributed by atoms with Crippen LogP contribution in [-0.2, 0) is 6.67 Å². The molecule has 0 amide bonds. The summed E-state index contributed by atoms with van der Waals surface area (Å²) in [7, 11) is 0. The number of carboxylic acid groups (broad SMARTS) is 1. The van der Waals surface area contributed by atoms with Crippen molar-refractivity contribution < 1.29 is 9.90 Å². The van der Waals surface area contributed by atoms with Crippen molar-refractivity contribution in [2.75, 3.05) is 5.32 Å². The Balaban J connectivity index is 1.79. The summed E-state index contributed by atoms with van der Waals surface area (Å²) in [4.78, 5) is 15.1. The average molecular weight is 266 g/mol. The number of rotatable bonds is 4. The number of nitrogens with one attached hydrogen (secondary N) is 1. The van der Waals surface area contributed by atoms with E-state index in [0.717, 1.165) is 16.7 Å². The smallest absolute Gasteiger partial charge is 0.0973 e. The van der Waals surface area contributed by atoms with Gasteiger partial charge in [0.05, 0.1) is 30.0 Å². The zero-order valence-corrected chi connectivity index (χ0v) is 10.6. The molecule has 2 aromatic carbocycles. The van der Waals surface area contributed by atoms with Gasteiger partial charge in [-0.05, 0) is 29.8 Å². The van der Waals surface area contributed by atoms with E-state index in [1.165, 1.54) is 6.07 Å². The van der Waals surface area contributed by atoms with Gasteiger partial charge in [0.15, 0.2) is 0 Å². The van der Waals surface area contributed by atoms with Crippen LogP contribution < -0.4 is 10.4 Å². The highest BCUT2D eigenvalue weighted by Crippen LogP contribution is 2.14. The molecule has 0 saturated carbocycles. The van der Waals surface area contributed by atoms with E-state index in [9.17, 15) is 9.90 Å². The second-order valence-corrected chi connectivity index (χ2v) is 4.41. The lowest BCUT2D eigenvalue weighted by Gasteiger charge is -2.10. The number of carbonyl (C=O) groups is 1. The fourth-order valence-corrected chi connectivity index (χ4v) is 2.07. The second-order valence-electron chi connectivity index (χ2n) is 4.41. The fraction of sp³-hybridized carbons (Fsp3) is 0.0667. The van der Waals surface area contributed by atoms with Crippen molar-refractivity contribution in [1.82, 2.24) is 9.55 Å². The maximum Gasteiger partial charge on any atom is 0.0973 e. The molecule has 3 aromatic rings. The van der Waals surface area contributed by atoms with Crippen molar-refractivity contribution in [1.29, 1.82) is 0 Å². The number of anilines is 1. The number of imidazole rings is 1. The molecule has 1 heterocycles. The number of aromatic carboxylic acids is 1. The fourth-order valence-electron chi connectivity index (χ4n) is 2.07. The van der Waals surface area contributed by atoms with Gasteiger partial charge in [0, 0.05) is 5.69 Å². The summed E-state index contributed by atoms with van der Waals surface area (Å²) < 4.78 is 1.96. The number of fused-ring (bicyclic) bond motifs is 1. The first-order chi connectivity index (χ1) is 9.74. The Morgan fingerprint density at radius 1 is 1.20 bits per heavy atom. The summed E-state index contributed by atoms with van der Waals surface area (Å²) in [6.07, 6.45) is 1.75. The molecule has 5 nitrogen and oxygen atoms in total. The Morgan fingerprint density at radius 3 is 2.90 bits per heavy atom. The highest BCUT2D eigenvalue weighted by atomic mass is 16.4. The van der Waals surface area contributed by atoms with Gasteiger partial charge in [0.25, 0.3) is 0 Å². The Labute approximate surface area is 115 Å². The minimum absolute atomic E-state index is 0.158. The van der Waals surface area contributed by atoms with Crippen LogP contribution in [0.15, 0.2) is 54.9 Å². The first-order valence-corrected chi connectivity index (χ1v) is 6.19. The maximum absolute atomic E-state index is 10.8. The molecule has 0 bridgehead atoms. The maximum atomic E-state index is 10.8. The Hall–Kier alpha value is -2.82. The first-order valence-electron chi connectivity index (χ1n) is 6.19. The molecule has 0 fully saturated rings. The molecule has 0 aliphatic heterocycles. The Morgan fingerprint density at radius 2 is 2.05 bits per heavy atom. The van der Waals surface area contributed by atoms with Crippen LogP contribution in [0.25, 0.3) is 11.0 Å². The standard InChI is InChI=1S/C15H13N3O2/c19-15(20)11-4-3-5-12(8-11)16-9-18-10-17-13-6-1-2-7-14(13)18/h1-8,10,16H,9H2,(H,19,20)/p-1. The second kappa shape index (κ2) is 5.05. The van der Waals surface area contributed by atoms with Crippen molar-refractivity contribution in [3.8, 4) is 0 Å². The molecule has 100 valence electrons. The van der Waals surface area contributed by atoms with Crippen LogP contribution in [0.5, 0.6) is 0 Å². The molecule has 0 atom stereocenters. The van der Waals surface area contributed by atoms with Gasteiger partial charge in [-0.1, -0.05) is 24.3 Å². The third kappa shape index (κ3) is 2.33. The van der Waals surface area contributed by atoms with Crippen LogP contribution in [0.3, 0.4) is 0 Å². The molecule has 0 radical (unpaired) electrons. The van der Waals surface area contributed by atoms with Crippen molar-refractivity contribution in [2.24, 2.45) is 0 Å². The lowest BCUT2D eigenvalue weighted by atomic mass is 10.2. The predicted molar refractivity (Wildman–Crippen MR) is 74.1 cm³/mol. The number of benzene rings is 2. The van der Waals surface area contributed by atoms with E-state index in [-0.39, 0.29) is 5.56 Å². The van der Waals surface area contributed by atoms with E-state index >= 15 is 0 Å². The van der Waals surface area contributed by atoms with Gasteiger partial charge in [-0.25, -0.2) is 4.98 Å². The molecule has 1 aromatic heterocycles. The molecule has 0 saturated heterocycles. The SMILES string of the molecule is O=C([O-])c1cccc(NCn2cnc3ccccc32)c1. The van der Waals surface area contributed by atoms with E-state index in [2.05, 4.69) is 10.3 Å². The highest BCUT2D eigenvalue weighted by molar-refractivity contribution is 5.87. The first kappa shape index (κ1) is 12.2. The number of hydrogen-bond donors (Lipinski definition) is 1. The minimum Gasteiger partial charge on any atom is -0.545 e. The molecular formula is C15H12N3O2-. The molecule has 0 aliphatic rings. The molecule has 1 N–H and O–H groups in total. The molecule has 0 unspecified atom stereocenters. The zero-order chi connectivity index (χ0) is 13.9. The quantitative estimate of drug-likeness (QED) is 0.776. The summed E-state index contributed by atoms with van der Waals surface area (Å²) in [5.41, 5.74) is 2.84. The summed E-state index contributed by atoms with van der Waals surface area (Å²) in [5, 5.41) is 14.0. The minimum atomic E-state index is -1.18. The zero-order valence-electron chi connectivity index (χ0n) is 10.6. The van der Waals surface area contributed by atoms with Crippen LogP contribution in [-0.4, -0.2) is 15.5 Å². The summed E-state index contributed by atoms with van der Waals surface area (Å²) >= 11 is 0. The number of aromatic nitrogens is 2. The Kier molecular flexibility index (Phi) is 3.09. The van der Waals surface area contributed by atoms with E-state index in [1.807, 2.05) is 34.9 Å². The largest absolute Gasteiger partial charge is 0.545 e. The lowest BCUT2D eigenvalue weighted by Crippen LogP contribution is -2.22. The van der Waals surface area contributed by atoms with Gasteiger partial charge < -0.3 is 19.8 Å². The topological polar surface area (TPSA) is 70.0 Å². The van der Waals surface area contributed by atoms with Gasteiger partial charge in [-0.3, -0.25) is 0 Å². The highest BCUT2D eigenvalue weighted by Gasteiger charge is 2.01. The van der Waals surface area contributed by atoms with Gasteiger partial charge in [0.1, 0.15) is 0 Å². The van der Waals surface area contributed by atoms with Crippen molar-refractivity contribution in [2.45, 2.75) is 6.67 Å². The number of para-hydroxylation sites is 2.